The van der Waals surface area contributed by atoms with Crippen molar-refractivity contribution >= 4 is 23.0 Å². The minimum atomic E-state index is -0.360. The summed E-state index contributed by atoms with van der Waals surface area (Å²) < 4.78 is 0. The van der Waals surface area contributed by atoms with Crippen molar-refractivity contribution in [1.29, 1.82) is 0 Å². The molecule has 0 saturated carbocycles. The first kappa shape index (κ1) is 16.1. The summed E-state index contributed by atoms with van der Waals surface area (Å²) in [6, 6.07) is 5.32. The van der Waals surface area contributed by atoms with Gasteiger partial charge in [0.15, 0.2) is 0 Å². The van der Waals surface area contributed by atoms with Crippen LogP contribution in [-0.2, 0) is 5.88 Å². The Labute approximate surface area is 131 Å². The normalized spacial score (nSPS) is 19.3. The predicted molar refractivity (Wildman–Crippen MR) is 87.1 cm³/mol. The number of hydrogen-bond donors (Lipinski definition) is 0. The Bertz CT molecular complexity index is 493. The molecule has 1 heterocycles. The summed E-state index contributed by atoms with van der Waals surface area (Å²) in [6.45, 7) is 4.30. The van der Waals surface area contributed by atoms with Crippen molar-refractivity contribution in [3.05, 3.63) is 33.9 Å². The predicted octanol–water partition coefficient (Wildman–Crippen LogP) is 4.74. The third kappa shape index (κ3) is 4.10. The molecule has 0 bridgehead atoms. The Morgan fingerprint density at radius 1 is 1.38 bits per heavy atom. The van der Waals surface area contributed by atoms with Crippen LogP contribution in [0.25, 0.3) is 0 Å². The van der Waals surface area contributed by atoms with Crippen LogP contribution in [-0.4, -0.2) is 18.0 Å². The van der Waals surface area contributed by atoms with Crippen LogP contribution >= 0.6 is 11.6 Å². The van der Waals surface area contributed by atoms with E-state index < -0.39 is 0 Å². The van der Waals surface area contributed by atoms with Gasteiger partial charge < -0.3 is 4.90 Å². The average molecular weight is 311 g/mol. The summed E-state index contributed by atoms with van der Waals surface area (Å²) in [5.41, 5.74) is 1.79. The van der Waals surface area contributed by atoms with Crippen LogP contribution in [0.5, 0.6) is 0 Å². The molecule has 0 aliphatic carbocycles. The van der Waals surface area contributed by atoms with Gasteiger partial charge >= 0.3 is 0 Å². The van der Waals surface area contributed by atoms with Crippen molar-refractivity contribution in [3.63, 3.8) is 0 Å². The van der Waals surface area contributed by atoms with Crippen LogP contribution in [0.15, 0.2) is 18.2 Å². The zero-order valence-electron chi connectivity index (χ0n) is 12.6. The third-order valence-corrected chi connectivity index (χ3v) is 4.60. The smallest absolute Gasteiger partial charge is 0.273 e. The second kappa shape index (κ2) is 7.64. The van der Waals surface area contributed by atoms with E-state index in [1.807, 2.05) is 12.1 Å². The molecule has 0 aromatic heterocycles. The maximum Gasteiger partial charge on any atom is 0.273 e. The Balaban J connectivity index is 2.12. The van der Waals surface area contributed by atoms with Crippen LogP contribution in [0.1, 0.15) is 44.6 Å². The molecule has 116 valence electrons. The first-order valence-corrected chi connectivity index (χ1v) is 8.27. The van der Waals surface area contributed by atoms with Gasteiger partial charge in [-0.25, -0.2) is 0 Å². The average Bonchev–Trinajstić information content (AvgIpc) is 2.72. The van der Waals surface area contributed by atoms with Gasteiger partial charge in [-0.3, -0.25) is 10.1 Å². The van der Waals surface area contributed by atoms with E-state index in [4.69, 9.17) is 11.6 Å². The van der Waals surface area contributed by atoms with E-state index in [0.717, 1.165) is 24.7 Å². The van der Waals surface area contributed by atoms with Crippen molar-refractivity contribution in [2.75, 3.05) is 18.0 Å². The summed E-state index contributed by atoms with van der Waals surface area (Å²) in [4.78, 5) is 13.0. The van der Waals surface area contributed by atoms with Crippen LogP contribution in [0.2, 0.25) is 0 Å². The highest BCUT2D eigenvalue weighted by molar-refractivity contribution is 6.17. The molecule has 1 aromatic rings. The minimum absolute atomic E-state index is 0.118. The molecule has 1 aliphatic heterocycles. The van der Waals surface area contributed by atoms with Crippen LogP contribution < -0.4 is 4.90 Å². The molecular formula is C16H23ClN2O2. The first-order chi connectivity index (χ1) is 10.2. The number of hydrogen-bond acceptors (Lipinski definition) is 3. The molecule has 4 nitrogen and oxygen atoms in total. The molecule has 1 fully saturated rings. The summed E-state index contributed by atoms with van der Waals surface area (Å²) >= 11 is 5.86. The molecule has 2 rings (SSSR count). The monoisotopic (exact) mass is 310 g/mol. The number of halogens is 1. The first-order valence-electron chi connectivity index (χ1n) is 7.74. The molecule has 1 saturated heterocycles. The SMILES string of the molecule is CCCC1CCCN(c2ccc([N+](=O)[O-])c(CCl)c2)CC1. The molecule has 5 heteroatoms. The van der Waals surface area contributed by atoms with Gasteiger partial charge in [0, 0.05) is 30.4 Å². The zero-order valence-corrected chi connectivity index (χ0v) is 13.3. The molecule has 0 N–H and O–H groups in total. The minimum Gasteiger partial charge on any atom is -0.372 e. The maximum absolute atomic E-state index is 11.0. The van der Waals surface area contributed by atoms with Crippen LogP contribution in [0.4, 0.5) is 11.4 Å². The van der Waals surface area contributed by atoms with E-state index in [9.17, 15) is 10.1 Å². The Hall–Kier alpha value is -1.29. The fraction of sp³-hybridized carbons (Fsp3) is 0.625. The lowest BCUT2D eigenvalue weighted by Crippen LogP contribution is -2.24. The molecule has 1 aromatic carbocycles. The second-order valence-corrected chi connectivity index (χ2v) is 6.04. The second-order valence-electron chi connectivity index (χ2n) is 5.78. The molecule has 21 heavy (non-hydrogen) atoms. The molecule has 1 aliphatic rings. The summed E-state index contributed by atoms with van der Waals surface area (Å²) in [5, 5.41) is 11.0. The van der Waals surface area contributed by atoms with E-state index in [2.05, 4.69) is 11.8 Å². The lowest BCUT2D eigenvalue weighted by molar-refractivity contribution is -0.385. The van der Waals surface area contributed by atoms with Crippen molar-refractivity contribution in [3.8, 4) is 0 Å². The number of nitro benzene ring substituents is 1. The lowest BCUT2D eigenvalue weighted by atomic mass is 9.96. The van der Waals surface area contributed by atoms with Gasteiger partial charge in [0.2, 0.25) is 0 Å². The van der Waals surface area contributed by atoms with Crippen molar-refractivity contribution < 1.29 is 4.92 Å². The van der Waals surface area contributed by atoms with Gasteiger partial charge in [-0.2, -0.15) is 0 Å². The fourth-order valence-corrected chi connectivity index (χ4v) is 3.39. The highest BCUT2D eigenvalue weighted by Gasteiger charge is 2.19. The third-order valence-electron chi connectivity index (χ3n) is 4.31. The topological polar surface area (TPSA) is 46.4 Å². The highest BCUT2D eigenvalue weighted by atomic mass is 35.5. The Kier molecular flexibility index (Phi) is 5.85. The van der Waals surface area contributed by atoms with Gasteiger partial charge in [-0.1, -0.05) is 19.8 Å². The van der Waals surface area contributed by atoms with Crippen LogP contribution in [0, 0.1) is 16.0 Å². The number of benzene rings is 1. The zero-order chi connectivity index (χ0) is 15.2. The van der Waals surface area contributed by atoms with Crippen molar-refractivity contribution in [1.82, 2.24) is 0 Å². The van der Waals surface area contributed by atoms with Crippen molar-refractivity contribution in [2.45, 2.75) is 44.9 Å². The van der Waals surface area contributed by atoms with E-state index in [1.165, 1.54) is 32.1 Å². The summed E-state index contributed by atoms with van der Waals surface area (Å²) in [6.07, 6.45) is 6.25. The quantitative estimate of drug-likeness (QED) is 0.448. The number of nitrogens with zero attached hydrogens (tertiary/aromatic N) is 2. The van der Waals surface area contributed by atoms with Crippen molar-refractivity contribution in [2.24, 2.45) is 5.92 Å². The van der Waals surface area contributed by atoms with Gasteiger partial charge in [-0.05, 0) is 37.3 Å². The number of rotatable bonds is 5. The molecule has 1 unspecified atom stereocenters. The lowest BCUT2D eigenvalue weighted by Gasteiger charge is -2.23. The van der Waals surface area contributed by atoms with Gasteiger partial charge in [0.05, 0.1) is 10.8 Å². The number of nitro groups is 1. The standard InChI is InChI=1S/C16H23ClN2O2/c1-2-4-13-5-3-9-18(10-8-13)15-6-7-16(19(20)21)14(11-15)12-17/h6-7,11,13H,2-5,8-10,12H2,1H3. The Morgan fingerprint density at radius 2 is 2.19 bits per heavy atom. The number of anilines is 1. The molecule has 0 amide bonds. The fourth-order valence-electron chi connectivity index (χ4n) is 3.17. The molecule has 1 atom stereocenters. The molecular weight excluding hydrogens is 288 g/mol. The Morgan fingerprint density at radius 3 is 2.86 bits per heavy atom. The van der Waals surface area contributed by atoms with E-state index in [-0.39, 0.29) is 16.5 Å². The largest absolute Gasteiger partial charge is 0.372 e. The van der Waals surface area contributed by atoms with E-state index in [0.29, 0.717) is 5.56 Å². The van der Waals surface area contributed by atoms with E-state index in [1.54, 1.807) is 6.07 Å². The summed E-state index contributed by atoms with van der Waals surface area (Å²) in [5.74, 6) is 1.00. The highest BCUT2D eigenvalue weighted by Crippen LogP contribution is 2.29. The van der Waals surface area contributed by atoms with Gasteiger partial charge in [0.25, 0.3) is 5.69 Å². The van der Waals surface area contributed by atoms with Gasteiger partial charge in [-0.15, -0.1) is 11.6 Å². The summed E-state index contributed by atoms with van der Waals surface area (Å²) in [7, 11) is 0. The molecule has 0 spiro atoms. The molecule has 0 radical (unpaired) electrons. The number of alkyl halides is 1. The van der Waals surface area contributed by atoms with E-state index >= 15 is 0 Å². The maximum atomic E-state index is 11.0. The van der Waals surface area contributed by atoms with Gasteiger partial charge in [0.1, 0.15) is 0 Å². The van der Waals surface area contributed by atoms with Crippen LogP contribution in [0.3, 0.4) is 0 Å².